The summed E-state index contributed by atoms with van der Waals surface area (Å²) >= 11 is 0. The molecule has 0 fully saturated rings. The van der Waals surface area contributed by atoms with Gasteiger partial charge >= 0.3 is 6.03 Å². The largest absolute Gasteiger partial charge is 0.497 e. The summed E-state index contributed by atoms with van der Waals surface area (Å²) in [6.45, 7) is 0. The van der Waals surface area contributed by atoms with Crippen LogP contribution in [-0.2, 0) is 0 Å². The zero-order valence-electron chi connectivity index (χ0n) is 8.13. The average molecular weight is 195 g/mol. The van der Waals surface area contributed by atoms with Crippen LogP contribution in [0.3, 0.4) is 0 Å². The molecular formula is C9H13N3O2. The number of carbonyl (C=O) groups excluding carboxylic acids is 1. The van der Waals surface area contributed by atoms with Gasteiger partial charge in [0, 0.05) is 18.8 Å². The molecule has 76 valence electrons. The van der Waals surface area contributed by atoms with E-state index >= 15 is 0 Å². The maximum Gasteiger partial charge on any atom is 0.333 e. The molecule has 1 aromatic rings. The summed E-state index contributed by atoms with van der Waals surface area (Å²) in [5.41, 5.74) is 5.59. The molecule has 0 saturated carbocycles. The Morgan fingerprint density at radius 3 is 2.86 bits per heavy atom. The third-order valence-electron chi connectivity index (χ3n) is 1.57. The highest BCUT2D eigenvalue weighted by atomic mass is 16.5. The third-order valence-corrected chi connectivity index (χ3v) is 1.57. The molecule has 0 bridgehead atoms. The van der Waals surface area contributed by atoms with Gasteiger partial charge in [0.25, 0.3) is 0 Å². The van der Waals surface area contributed by atoms with Crippen LogP contribution < -0.4 is 20.9 Å². The smallest absolute Gasteiger partial charge is 0.333 e. The minimum absolute atomic E-state index is 0.319. The minimum atomic E-state index is -0.319. The van der Waals surface area contributed by atoms with E-state index in [1.807, 2.05) is 0 Å². The van der Waals surface area contributed by atoms with Gasteiger partial charge in [0.1, 0.15) is 5.75 Å². The van der Waals surface area contributed by atoms with Gasteiger partial charge in [-0.3, -0.25) is 5.43 Å². The van der Waals surface area contributed by atoms with E-state index in [0.717, 1.165) is 0 Å². The Morgan fingerprint density at radius 1 is 1.43 bits per heavy atom. The van der Waals surface area contributed by atoms with Crippen LogP contribution in [0.1, 0.15) is 0 Å². The van der Waals surface area contributed by atoms with Gasteiger partial charge < -0.3 is 10.1 Å². The van der Waals surface area contributed by atoms with E-state index < -0.39 is 0 Å². The van der Waals surface area contributed by atoms with Crippen molar-refractivity contribution >= 4 is 11.7 Å². The fraction of sp³-hybridized carbons (Fsp3) is 0.222. The summed E-state index contributed by atoms with van der Waals surface area (Å²) in [5.74, 6) is 0.701. The lowest BCUT2D eigenvalue weighted by Gasteiger charge is -2.07. The topological polar surface area (TPSA) is 62.4 Å². The second-order valence-corrected chi connectivity index (χ2v) is 2.56. The first-order valence-electron chi connectivity index (χ1n) is 4.14. The second kappa shape index (κ2) is 5.08. The van der Waals surface area contributed by atoms with Crippen LogP contribution in [0, 0.1) is 0 Å². The van der Waals surface area contributed by atoms with Gasteiger partial charge in [0.15, 0.2) is 0 Å². The molecule has 1 rings (SSSR count). The quantitative estimate of drug-likeness (QED) is 0.629. The summed E-state index contributed by atoms with van der Waals surface area (Å²) in [6, 6.07) is 6.79. The SMILES string of the molecule is CNNC(=O)Nc1cccc(OC)c1. The van der Waals surface area contributed by atoms with Crippen LogP contribution in [0.25, 0.3) is 0 Å². The Hall–Kier alpha value is -1.75. The van der Waals surface area contributed by atoms with Gasteiger partial charge in [-0.1, -0.05) is 6.07 Å². The van der Waals surface area contributed by atoms with E-state index in [1.165, 1.54) is 0 Å². The molecule has 0 aliphatic rings. The number of hydrazine groups is 1. The van der Waals surface area contributed by atoms with Crippen molar-refractivity contribution in [1.29, 1.82) is 0 Å². The zero-order chi connectivity index (χ0) is 10.4. The summed E-state index contributed by atoms with van der Waals surface area (Å²) in [4.78, 5) is 11.1. The number of methoxy groups -OCH3 is 1. The molecule has 1 aromatic carbocycles. The monoisotopic (exact) mass is 195 g/mol. The van der Waals surface area contributed by atoms with Crippen molar-refractivity contribution in [2.24, 2.45) is 0 Å². The molecule has 14 heavy (non-hydrogen) atoms. The van der Waals surface area contributed by atoms with Crippen LogP contribution in [-0.4, -0.2) is 20.2 Å². The zero-order valence-corrected chi connectivity index (χ0v) is 8.13. The van der Waals surface area contributed by atoms with E-state index in [9.17, 15) is 4.79 Å². The minimum Gasteiger partial charge on any atom is -0.497 e. The average Bonchev–Trinajstić information content (AvgIpc) is 2.18. The lowest BCUT2D eigenvalue weighted by molar-refractivity contribution is 0.249. The third kappa shape index (κ3) is 2.95. The number of nitrogens with one attached hydrogen (secondary N) is 3. The van der Waals surface area contributed by atoms with E-state index in [0.29, 0.717) is 11.4 Å². The van der Waals surface area contributed by atoms with E-state index in [-0.39, 0.29) is 6.03 Å². The molecule has 5 nitrogen and oxygen atoms in total. The molecule has 0 aromatic heterocycles. The number of hydrogen-bond donors (Lipinski definition) is 3. The first-order valence-corrected chi connectivity index (χ1v) is 4.14. The fourth-order valence-corrected chi connectivity index (χ4v) is 0.977. The number of anilines is 1. The lowest BCUT2D eigenvalue weighted by Crippen LogP contribution is -2.37. The molecule has 0 unspecified atom stereocenters. The molecule has 0 aliphatic carbocycles. The summed E-state index contributed by atoms with van der Waals surface area (Å²) in [5, 5.41) is 2.62. The van der Waals surface area contributed by atoms with Crippen LogP contribution in [0.15, 0.2) is 24.3 Å². The van der Waals surface area contributed by atoms with Crippen molar-refractivity contribution < 1.29 is 9.53 Å². The highest BCUT2D eigenvalue weighted by Gasteiger charge is 1.99. The Labute approximate surface area is 82.4 Å². The highest BCUT2D eigenvalue weighted by Crippen LogP contribution is 2.16. The van der Waals surface area contributed by atoms with Crippen molar-refractivity contribution in [3.05, 3.63) is 24.3 Å². The summed E-state index contributed by atoms with van der Waals surface area (Å²) in [7, 11) is 3.19. The number of hydrogen-bond acceptors (Lipinski definition) is 3. The molecule has 3 N–H and O–H groups in total. The van der Waals surface area contributed by atoms with E-state index in [2.05, 4.69) is 16.2 Å². The van der Waals surface area contributed by atoms with Crippen molar-refractivity contribution in [1.82, 2.24) is 10.9 Å². The van der Waals surface area contributed by atoms with Gasteiger partial charge in [0.05, 0.1) is 7.11 Å². The predicted octanol–water partition coefficient (Wildman–Crippen LogP) is 0.951. The molecule has 0 saturated heterocycles. The number of ether oxygens (including phenoxy) is 1. The van der Waals surface area contributed by atoms with Gasteiger partial charge in [-0.15, -0.1) is 0 Å². The maximum absolute atomic E-state index is 11.1. The lowest BCUT2D eigenvalue weighted by atomic mass is 10.3. The molecule has 0 heterocycles. The van der Waals surface area contributed by atoms with Crippen LogP contribution in [0.2, 0.25) is 0 Å². The van der Waals surface area contributed by atoms with E-state index in [1.54, 1.807) is 38.4 Å². The predicted molar refractivity (Wildman–Crippen MR) is 54.2 cm³/mol. The molecule has 5 heteroatoms. The normalized spacial score (nSPS) is 9.29. The number of urea groups is 1. The van der Waals surface area contributed by atoms with Crippen molar-refractivity contribution in [3.8, 4) is 5.75 Å². The molecule has 0 radical (unpaired) electrons. The van der Waals surface area contributed by atoms with Gasteiger partial charge in [-0.05, 0) is 12.1 Å². The maximum atomic E-state index is 11.1. The van der Waals surface area contributed by atoms with Gasteiger partial charge in [-0.25, -0.2) is 10.2 Å². The number of carbonyl (C=O) groups is 1. The standard InChI is InChI=1S/C9H13N3O2/c1-10-12-9(13)11-7-4-3-5-8(6-7)14-2/h3-6,10H,1-2H3,(H2,11,12,13). The first kappa shape index (κ1) is 10.3. The summed E-state index contributed by atoms with van der Waals surface area (Å²) < 4.78 is 5.01. The second-order valence-electron chi connectivity index (χ2n) is 2.56. The Morgan fingerprint density at radius 2 is 2.21 bits per heavy atom. The van der Waals surface area contributed by atoms with Crippen molar-refractivity contribution in [3.63, 3.8) is 0 Å². The van der Waals surface area contributed by atoms with E-state index in [4.69, 9.17) is 4.74 Å². The van der Waals surface area contributed by atoms with Crippen molar-refractivity contribution in [2.75, 3.05) is 19.5 Å². The van der Waals surface area contributed by atoms with Crippen molar-refractivity contribution in [2.45, 2.75) is 0 Å². The van der Waals surface area contributed by atoms with Gasteiger partial charge in [-0.2, -0.15) is 0 Å². The van der Waals surface area contributed by atoms with Gasteiger partial charge in [0.2, 0.25) is 0 Å². The molecule has 2 amide bonds. The Bertz CT molecular complexity index is 315. The van der Waals surface area contributed by atoms with Crippen LogP contribution in [0.5, 0.6) is 5.75 Å². The number of amides is 2. The molecule has 0 atom stereocenters. The van der Waals surface area contributed by atoms with Crippen LogP contribution >= 0.6 is 0 Å². The fourth-order valence-electron chi connectivity index (χ4n) is 0.977. The highest BCUT2D eigenvalue weighted by molar-refractivity contribution is 5.89. The van der Waals surface area contributed by atoms with Crippen LogP contribution in [0.4, 0.5) is 10.5 Å². The summed E-state index contributed by atoms with van der Waals surface area (Å²) in [6.07, 6.45) is 0. The Kier molecular flexibility index (Phi) is 3.75. The number of benzene rings is 1. The molecular weight excluding hydrogens is 182 g/mol. The Balaban J connectivity index is 2.62. The first-order chi connectivity index (χ1) is 6.76. The molecule has 0 spiro atoms. The number of rotatable bonds is 3. The molecule has 0 aliphatic heterocycles.